The number of rotatable bonds is 5. The number of methoxy groups -OCH3 is 1. The van der Waals surface area contributed by atoms with Gasteiger partial charge in [-0.3, -0.25) is 9.59 Å². The van der Waals surface area contributed by atoms with Crippen LogP contribution < -0.4 is 15.0 Å². The lowest BCUT2D eigenvalue weighted by Gasteiger charge is -2.17. The first kappa shape index (κ1) is 19.7. The molecule has 2 aliphatic heterocycles. The number of nitrogens with one attached hydrogen (secondary N) is 1. The smallest absolute Gasteiger partial charge is 0.229 e. The van der Waals surface area contributed by atoms with E-state index < -0.39 is 5.92 Å². The molecule has 2 aliphatic rings. The molecule has 0 bridgehead atoms. The van der Waals surface area contributed by atoms with Gasteiger partial charge in [-0.1, -0.05) is 23.9 Å². The van der Waals surface area contributed by atoms with Crippen LogP contribution in [0.1, 0.15) is 6.42 Å². The monoisotopic (exact) mass is 434 g/mol. The number of carbonyl (C=O) groups excluding carboxylic acids is 2. The number of thioether (sulfide) groups is 1. The quantitative estimate of drug-likeness (QED) is 0.663. The Morgan fingerprint density at radius 2 is 2.06 bits per heavy atom. The number of hydrogen-bond donors (Lipinski definition) is 1. The highest BCUT2D eigenvalue weighted by atomic mass is 32.2. The van der Waals surface area contributed by atoms with E-state index in [1.807, 2.05) is 48.5 Å². The van der Waals surface area contributed by atoms with Crippen LogP contribution in [0.2, 0.25) is 0 Å². The molecule has 1 unspecified atom stereocenters. The zero-order valence-electron chi connectivity index (χ0n) is 17.1. The Bertz CT molecular complexity index is 1120. The van der Waals surface area contributed by atoms with Crippen molar-refractivity contribution in [3.63, 3.8) is 0 Å². The molecule has 2 aromatic carbocycles. The van der Waals surface area contributed by atoms with Gasteiger partial charge in [0, 0.05) is 48.4 Å². The Hall–Kier alpha value is -3.26. The Kier molecular flexibility index (Phi) is 5.15. The third-order valence-corrected chi connectivity index (χ3v) is 6.58. The van der Waals surface area contributed by atoms with E-state index in [-0.39, 0.29) is 18.2 Å². The normalized spacial score (nSPS) is 17.6. The standard InChI is InChI=1S/C23H22N4O3S/c1-30-19-7-5-18(6-8-19)27-13-16(12-21(27)28)22(29)24-17-4-2-3-15(11-17)20-14-26-9-10-31-23(26)25-20/h2-8,11,14,16H,9-10,12-13H2,1H3,(H,24,29). The molecule has 3 aromatic rings. The summed E-state index contributed by atoms with van der Waals surface area (Å²) < 4.78 is 7.32. The van der Waals surface area contributed by atoms with E-state index in [1.165, 1.54) is 0 Å². The fourth-order valence-corrected chi connectivity index (χ4v) is 4.89. The first-order valence-electron chi connectivity index (χ1n) is 10.2. The molecular formula is C23H22N4O3S. The van der Waals surface area contributed by atoms with Crippen molar-refractivity contribution in [3.05, 3.63) is 54.7 Å². The summed E-state index contributed by atoms with van der Waals surface area (Å²) in [4.78, 5) is 31.7. The summed E-state index contributed by atoms with van der Waals surface area (Å²) in [6, 6.07) is 15.0. The van der Waals surface area contributed by atoms with Gasteiger partial charge in [-0.25, -0.2) is 4.98 Å². The molecule has 3 heterocycles. The molecule has 5 rings (SSSR count). The van der Waals surface area contributed by atoms with Crippen molar-refractivity contribution in [1.29, 1.82) is 0 Å². The lowest BCUT2D eigenvalue weighted by Crippen LogP contribution is -2.28. The van der Waals surface area contributed by atoms with Gasteiger partial charge in [-0.05, 0) is 36.4 Å². The van der Waals surface area contributed by atoms with Gasteiger partial charge in [-0.2, -0.15) is 0 Å². The summed E-state index contributed by atoms with van der Waals surface area (Å²) in [7, 11) is 1.60. The SMILES string of the molecule is COc1ccc(N2CC(C(=O)Nc3cccc(-c4cn5c(n4)SCC5)c3)CC2=O)cc1. The molecule has 1 aromatic heterocycles. The van der Waals surface area contributed by atoms with Crippen LogP contribution in [0, 0.1) is 5.92 Å². The average Bonchev–Trinajstić information content (AvgIpc) is 3.49. The van der Waals surface area contributed by atoms with Crippen molar-refractivity contribution in [3.8, 4) is 17.0 Å². The maximum atomic E-state index is 12.9. The van der Waals surface area contributed by atoms with Crippen LogP contribution >= 0.6 is 11.8 Å². The predicted molar refractivity (Wildman–Crippen MR) is 120 cm³/mol. The summed E-state index contributed by atoms with van der Waals surface area (Å²) in [5, 5.41) is 4.01. The van der Waals surface area contributed by atoms with Crippen molar-refractivity contribution in [2.24, 2.45) is 5.92 Å². The number of aromatic nitrogens is 2. The molecule has 2 amide bonds. The Morgan fingerprint density at radius 3 is 2.84 bits per heavy atom. The molecule has 0 aliphatic carbocycles. The fourth-order valence-electron chi connectivity index (χ4n) is 3.94. The summed E-state index contributed by atoms with van der Waals surface area (Å²) in [5.41, 5.74) is 3.34. The molecular weight excluding hydrogens is 412 g/mol. The Balaban J connectivity index is 1.27. The number of anilines is 2. The number of amides is 2. The third-order valence-electron chi connectivity index (χ3n) is 5.61. The molecule has 7 nitrogen and oxygen atoms in total. The van der Waals surface area contributed by atoms with E-state index >= 15 is 0 Å². The van der Waals surface area contributed by atoms with Gasteiger partial charge in [0.2, 0.25) is 11.8 Å². The van der Waals surface area contributed by atoms with Crippen molar-refractivity contribution >= 4 is 35.0 Å². The highest BCUT2D eigenvalue weighted by molar-refractivity contribution is 7.99. The van der Waals surface area contributed by atoms with Crippen LogP contribution in [0.5, 0.6) is 5.75 Å². The number of ether oxygens (including phenoxy) is 1. The van der Waals surface area contributed by atoms with E-state index in [4.69, 9.17) is 4.74 Å². The van der Waals surface area contributed by atoms with Crippen molar-refractivity contribution in [2.45, 2.75) is 18.1 Å². The fraction of sp³-hybridized carbons (Fsp3) is 0.261. The maximum absolute atomic E-state index is 12.9. The van der Waals surface area contributed by atoms with Gasteiger partial charge in [0.15, 0.2) is 5.16 Å². The average molecular weight is 435 g/mol. The van der Waals surface area contributed by atoms with E-state index in [9.17, 15) is 9.59 Å². The number of benzene rings is 2. The zero-order valence-corrected chi connectivity index (χ0v) is 17.9. The van der Waals surface area contributed by atoms with Crippen LogP contribution in [0.3, 0.4) is 0 Å². The summed E-state index contributed by atoms with van der Waals surface area (Å²) in [5.74, 6) is 1.19. The molecule has 1 atom stereocenters. The zero-order chi connectivity index (χ0) is 21.4. The van der Waals surface area contributed by atoms with Crippen LogP contribution in [0.4, 0.5) is 11.4 Å². The first-order valence-corrected chi connectivity index (χ1v) is 11.1. The minimum atomic E-state index is -0.397. The third kappa shape index (κ3) is 3.90. The molecule has 0 spiro atoms. The first-order chi connectivity index (χ1) is 15.1. The van der Waals surface area contributed by atoms with E-state index in [0.29, 0.717) is 12.2 Å². The van der Waals surface area contributed by atoms with Gasteiger partial charge in [0.25, 0.3) is 0 Å². The summed E-state index contributed by atoms with van der Waals surface area (Å²) in [6.45, 7) is 1.34. The molecule has 8 heteroatoms. The van der Waals surface area contributed by atoms with E-state index in [2.05, 4.69) is 21.1 Å². The number of fused-ring (bicyclic) bond motifs is 1. The number of nitrogens with zero attached hydrogens (tertiary/aromatic N) is 3. The van der Waals surface area contributed by atoms with Gasteiger partial charge in [-0.15, -0.1) is 0 Å². The number of carbonyl (C=O) groups is 2. The lowest BCUT2D eigenvalue weighted by atomic mass is 10.1. The Morgan fingerprint density at radius 1 is 1.23 bits per heavy atom. The molecule has 31 heavy (non-hydrogen) atoms. The largest absolute Gasteiger partial charge is 0.497 e. The van der Waals surface area contributed by atoms with Gasteiger partial charge in [0.05, 0.1) is 18.7 Å². The maximum Gasteiger partial charge on any atom is 0.229 e. The van der Waals surface area contributed by atoms with Crippen LogP contribution in [-0.4, -0.2) is 40.8 Å². The van der Waals surface area contributed by atoms with Gasteiger partial charge < -0.3 is 19.5 Å². The molecule has 0 saturated carbocycles. The highest BCUT2D eigenvalue weighted by Gasteiger charge is 2.35. The second-order valence-corrected chi connectivity index (χ2v) is 8.69. The molecule has 1 saturated heterocycles. The molecule has 1 N–H and O–H groups in total. The minimum absolute atomic E-state index is 0.0518. The molecule has 158 valence electrons. The Labute approximate surface area is 184 Å². The summed E-state index contributed by atoms with van der Waals surface area (Å²) in [6.07, 6.45) is 2.25. The minimum Gasteiger partial charge on any atom is -0.497 e. The van der Waals surface area contributed by atoms with Gasteiger partial charge in [0.1, 0.15) is 5.75 Å². The van der Waals surface area contributed by atoms with Crippen LogP contribution in [0.25, 0.3) is 11.3 Å². The van der Waals surface area contributed by atoms with E-state index in [1.54, 1.807) is 23.8 Å². The number of aryl methyl sites for hydroxylation is 1. The topological polar surface area (TPSA) is 76.5 Å². The van der Waals surface area contributed by atoms with Crippen molar-refractivity contribution < 1.29 is 14.3 Å². The lowest BCUT2D eigenvalue weighted by molar-refractivity contribution is -0.122. The summed E-state index contributed by atoms with van der Waals surface area (Å²) >= 11 is 1.75. The van der Waals surface area contributed by atoms with Crippen LogP contribution in [0.15, 0.2) is 59.9 Å². The van der Waals surface area contributed by atoms with Gasteiger partial charge >= 0.3 is 0 Å². The number of hydrogen-bond acceptors (Lipinski definition) is 5. The van der Waals surface area contributed by atoms with E-state index in [0.717, 1.165) is 40.1 Å². The molecule has 0 radical (unpaired) electrons. The molecule has 1 fully saturated rings. The predicted octanol–water partition coefficient (Wildman–Crippen LogP) is 3.66. The highest BCUT2D eigenvalue weighted by Crippen LogP contribution is 2.31. The number of imidazole rings is 1. The van der Waals surface area contributed by atoms with Crippen LogP contribution in [-0.2, 0) is 16.1 Å². The van der Waals surface area contributed by atoms with Crippen molar-refractivity contribution in [1.82, 2.24) is 9.55 Å². The second-order valence-electron chi connectivity index (χ2n) is 7.62. The van der Waals surface area contributed by atoms with Crippen molar-refractivity contribution in [2.75, 3.05) is 29.6 Å². The second kappa shape index (κ2) is 8.11.